The maximum absolute atomic E-state index is 12.1. The van der Waals surface area contributed by atoms with Crippen LogP contribution in [0.5, 0.6) is 5.75 Å². The SMILES string of the molecule is CCOC(=O)c1sc(N)c(C#N)c1CN(C)CCOc1ccccc1Cl. The molecule has 0 aliphatic heterocycles. The molecule has 1 aromatic carbocycles. The van der Waals surface area contributed by atoms with E-state index in [4.69, 9.17) is 26.8 Å². The Bertz CT molecular complexity index is 816. The molecular weight excluding hydrogens is 374 g/mol. The van der Waals surface area contributed by atoms with Crippen LogP contribution >= 0.6 is 22.9 Å². The van der Waals surface area contributed by atoms with E-state index in [1.807, 2.05) is 24.1 Å². The number of anilines is 1. The van der Waals surface area contributed by atoms with E-state index in [-0.39, 0.29) is 6.61 Å². The summed E-state index contributed by atoms with van der Waals surface area (Å²) in [6.07, 6.45) is 0. The molecule has 0 radical (unpaired) electrons. The van der Waals surface area contributed by atoms with E-state index in [0.717, 1.165) is 11.3 Å². The monoisotopic (exact) mass is 393 g/mol. The van der Waals surface area contributed by atoms with Crippen molar-refractivity contribution in [2.45, 2.75) is 13.5 Å². The quantitative estimate of drug-likeness (QED) is 0.690. The van der Waals surface area contributed by atoms with Crippen LogP contribution in [-0.4, -0.2) is 37.7 Å². The summed E-state index contributed by atoms with van der Waals surface area (Å²) < 4.78 is 10.7. The number of hydrogen-bond donors (Lipinski definition) is 1. The standard InChI is InChI=1S/C18H20ClN3O3S/c1-3-24-18(23)16-13(12(10-20)17(21)26-16)11-22(2)8-9-25-15-7-5-4-6-14(15)19/h4-7H,3,8-9,11,21H2,1-2H3. The highest BCUT2D eigenvalue weighted by Gasteiger charge is 2.23. The number of carbonyl (C=O) groups is 1. The van der Waals surface area contributed by atoms with Gasteiger partial charge in [-0.3, -0.25) is 4.90 Å². The third-order valence-corrected chi connectivity index (χ3v) is 4.96. The van der Waals surface area contributed by atoms with Gasteiger partial charge < -0.3 is 15.2 Å². The number of carbonyl (C=O) groups excluding carboxylic acids is 1. The van der Waals surface area contributed by atoms with Crippen LogP contribution in [0.4, 0.5) is 5.00 Å². The van der Waals surface area contributed by atoms with Gasteiger partial charge in [0.15, 0.2) is 0 Å². The molecule has 0 spiro atoms. The predicted octanol–water partition coefficient (Wildman–Crippen LogP) is 3.54. The Kier molecular flexibility index (Phi) is 7.27. The lowest BCUT2D eigenvalue weighted by Crippen LogP contribution is -2.25. The number of ether oxygens (including phenoxy) is 2. The van der Waals surface area contributed by atoms with Gasteiger partial charge in [0.1, 0.15) is 28.3 Å². The number of halogens is 1. The molecule has 6 nitrogen and oxygen atoms in total. The number of hydrogen-bond acceptors (Lipinski definition) is 7. The minimum atomic E-state index is -0.457. The molecule has 8 heteroatoms. The lowest BCUT2D eigenvalue weighted by Gasteiger charge is -2.18. The van der Waals surface area contributed by atoms with Crippen LogP contribution in [-0.2, 0) is 11.3 Å². The van der Waals surface area contributed by atoms with Crippen LogP contribution in [0, 0.1) is 11.3 Å². The van der Waals surface area contributed by atoms with Crippen molar-refractivity contribution in [1.82, 2.24) is 4.90 Å². The maximum Gasteiger partial charge on any atom is 0.348 e. The Morgan fingerprint density at radius 1 is 1.42 bits per heavy atom. The minimum absolute atomic E-state index is 0.263. The van der Waals surface area contributed by atoms with E-state index in [1.54, 1.807) is 19.1 Å². The molecule has 0 unspecified atom stereocenters. The fourth-order valence-corrected chi connectivity index (χ4v) is 3.46. The van der Waals surface area contributed by atoms with E-state index in [1.165, 1.54) is 0 Å². The van der Waals surface area contributed by atoms with Gasteiger partial charge in [-0.15, -0.1) is 11.3 Å². The molecule has 1 heterocycles. The highest BCUT2D eigenvalue weighted by Crippen LogP contribution is 2.32. The van der Waals surface area contributed by atoms with E-state index in [0.29, 0.717) is 51.5 Å². The van der Waals surface area contributed by atoms with Crippen molar-refractivity contribution in [3.8, 4) is 11.8 Å². The molecule has 0 aliphatic carbocycles. The Morgan fingerprint density at radius 2 is 2.15 bits per heavy atom. The van der Waals surface area contributed by atoms with E-state index < -0.39 is 5.97 Å². The van der Waals surface area contributed by atoms with Crippen molar-refractivity contribution in [2.75, 3.05) is 32.5 Å². The number of para-hydroxylation sites is 1. The number of nitrogen functional groups attached to an aromatic ring is 1. The van der Waals surface area contributed by atoms with E-state index in [2.05, 4.69) is 6.07 Å². The fourth-order valence-electron chi connectivity index (χ4n) is 2.34. The molecule has 0 saturated carbocycles. The summed E-state index contributed by atoms with van der Waals surface area (Å²) in [4.78, 5) is 14.5. The summed E-state index contributed by atoms with van der Waals surface area (Å²) >= 11 is 7.14. The zero-order valence-corrected chi connectivity index (χ0v) is 16.2. The van der Waals surface area contributed by atoms with Gasteiger partial charge in [0.25, 0.3) is 0 Å². The fraction of sp³-hybridized carbons (Fsp3) is 0.333. The summed E-state index contributed by atoms with van der Waals surface area (Å²) in [6.45, 7) is 3.37. The van der Waals surface area contributed by atoms with Gasteiger partial charge in [0.05, 0.1) is 17.2 Å². The molecular formula is C18H20ClN3O3S. The van der Waals surface area contributed by atoms with Crippen molar-refractivity contribution >= 4 is 33.9 Å². The molecule has 2 aromatic rings. The molecule has 0 saturated heterocycles. The van der Waals surface area contributed by atoms with Gasteiger partial charge in [-0.1, -0.05) is 23.7 Å². The summed E-state index contributed by atoms with van der Waals surface area (Å²) in [6, 6.07) is 9.33. The predicted molar refractivity (Wildman–Crippen MR) is 103 cm³/mol. The first kappa shape index (κ1) is 20.0. The maximum atomic E-state index is 12.1. The zero-order chi connectivity index (χ0) is 19.1. The molecule has 26 heavy (non-hydrogen) atoms. The second-order valence-electron chi connectivity index (χ2n) is 5.50. The Balaban J connectivity index is 2.04. The van der Waals surface area contributed by atoms with E-state index >= 15 is 0 Å². The average Bonchev–Trinajstić information content (AvgIpc) is 2.92. The van der Waals surface area contributed by atoms with Crippen LogP contribution < -0.4 is 10.5 Å². The Labute approximate surface area is 161 Å². The minimum Gasteiger partial charge on any atom is -0.491 e. The number of nitrogens with zero attached hydrogens (tertiary/aromatic N) is 2. The number of thiophene rings is 1. The third-order valence-electron chi connectivity index (χ3n) is 3.60. The van der Waals surface area contributed by atoms with Crippen molar-refractivity contribution in [1.29, 1.82) is 5.26 Å². The molecule has 1 aromatic heterocycles. The van der Waals surface area contributed by atoms with Crippen LogP contribution in [0.1, 0.15) is 27.7 Å². The zero-order valence-electron chi connectivity index (χ0n) is 14.6. The molecule has 0 atom stereocenters. The average molecular weight is 394 g/mol. The van der Waals surface area contributed by atoms with Crippen LogP contribution in [0.3, 0.4) is 0 Å². The highest BCUT2D eigenvalue weighted by molar-refractivity contribution is 7.18. The molecule has 0 bridgehead atoms. The van der Waals surface area contributed by atoms with Gasteiger partial charge in [-0.05, 0) is 26.1 Å². The molecule has 138 valence electrons. The van der Waals surface area contributed by atoms with Crippen molar-refractivity contribution in [2.24, 2.45) is 0 Å². The number of esters is 1. The first-order valence-corrected chi connectivity index (χ1v) is 9.21. The van der Waals surface area contributed by atoms with Gasteiger partial charge in [-0.2, -0.15) is 5.26 Å². The van der Waals surface area contributed by atoms with Crippen LogP contribution in [0.15, 0.2) is 24.3 Å². The van der Waals surface area contributed by atoms with Crippen molar-refractivity contribution < 1.29 is 14.3 Å². The normalized spacial score (nSPS) is 10.6. The third kappa shape index (κ3) is 4.88. The number of rotatable bonds is 8. The summed E-state index contributed by atoms with van der Waals surface area (Å²) in [5.74, 6) is 0.161. The molecule has 2 N–H and O–H groups in total. The number of nitrogens with two attached hydrogens (primary N) is 1. The lowest BCUT2D eigenvalue weighted by atomic mass is 10.1. The lowest BCUT2D eigenvalue weighted by molar-refractivity contribution is 0.0530. The highest BCUT2D eigenvalue weighted by atomic mass is 35.5. The second kappa shape index (κ2) is 9.43. The Morgan fingerprint density at radius 3 is 2.81 bits per heavy atom. The van der Waals surface area contributed by atoms with Gasteiger partial charge in [0.2, 0.25) is 0 Å². The molecule has 2 rings (SSSR count). The van der Waals surface area contributed by atoms with Crippen molar-refractivity contribution in [3.63, 3.8) is 0 Å². The number of likely N-dealkylation sites (N-methyl/N-ethyl adjacent to an activating group) is 1. The molecule has 0 aliphatic rings. The Hall–Kier alpha value is -2.27. The number of nitriles is 1. The summed E-state index contributed by atoms with van der Waals surface area (Å²) in [5, 5.41) is 10.2. The van der Waals surface area contributed by atoms with Gasteiger partial charge in [0, 0.05) is 18.7 Å². The van der Waals surface area contributed by atoms with Gasteiger partial charge in [-0.25, -0.2) is 4.79 Å². The summed E-state index contributed by atoms with van der Waals surface area (Å²) in [7, 11) is 1.87. The van der Waals surface area contributed by atoms with Crippen LogP contribution in [0.25, 0.3) is 0 Å². The first-order valence-electron chi connectivity index (χ1n) is 8.02. The van der Waals surface area contributed by atoms with Gasteiger partial charge >= 0.3 is 5.97 Å². The topological polar surface area (TPSA) is 88.6 Å². The molecule has 0 fully saturated rings. The molecule has 0 amide bonds. The smallest absolute Gasteiger partial charge is 0.348 e. The second-order valence-corrected chi connectivity index (χ2v) is 6.96. The summed E-state index contributed by atoms with van der Waals surface area (Å²) in [5.41, 5.74) is 6.81. The van der Waals surface area contributed by atoms with Crippen molar-refractivity contribution in [3.05, 3.63) is 45.3 Å². The number of benzene rings is 1. The van der Waals surface area contributed by atoms with Crippen LogP contribution in [0.2, 0.25) is 5.02 Å². The largest absolute Gasteiger partial charge is 0.491 e. The first-order chi connectivity index (χ1) is 12.5. The van der Waals surface area contributed by atoms with E-state index in [9.17, 15) is 10.1 Å².